The summed E-state index contributed by atoms with van der Waals surface area (Å²) < 4.78 is 1.08. The number of hydrogen-bond acceptors (Lipinski definition) is 2. The Morgan fingerprint density at radius 1 is 1.29 bits per heavy atom. The lowest BCUT2D eigenvalue weighted by Crippen LogP contribution is -2.18. The van der Waals surface area contributed by atoms with E-state index in [1.165, 1.54) is 16.0 Å². The van der Waals surface area contributed by atoms with Crippen molar-refractivity contribution < 1.29 is 0 Å². The van der Waals surface area contributed by atoms with Gasteiger partial charge in [-0.3, -0.25) is 0 Å². The molecule has 2 aromatic rings. The van der Waals surface area contributed by atoms with Gasteiger partial charge in [0, 0.05) is 14.4 Å². The highest BCUT2D eigenvalue weighted by atomic mass is 79.9. The highest BCUT2D eigenvalue weighted by Gasteiger charge is 2.17. The van der Waals surface area contributed by atoms with Crippen LogP contribution in [0.5, 0.6) is 0 Å². The predicted molar refractivity (Wildman–Crippen MR) is 79.1 cm³/mol. The van der Waals surface area contributed by atoms with Crippen molar-refractivity contribution in [1.82, 2.24) is 5.32 Å². The van der Waals surface area contributed by atoms with Gasteiger partial charge in [-0.25, -0.2) is 0 Å². The van der Waals surface area contributed by atoms with Crippen molar-refractivity contribution in [2.75, 3.05) is 7.05 Å². The van der Waals surface area contributed by atoms with E-state index in [1.807, 2.05) is 25.2 Å². The van der Waals surface area contributed by atoms with E-state index < -0.39 is 0 Å². The maximum Gasteiger partial charge on any atom is 0.0596 e. The van der Waals surface area contributed by atoms with Gasteiger partial charge in [0.25, 0.3) is 0 Å². The number of aryl methyl sites for hydroxylation is 1. The van der Waals surface area contributed by atoms with Crippen molar-refractivity contribution in [2.45, 2.75) is 13.0 Å². The fourth-order valence-corrected chi connectivity index (χ4v) is 3.31. The molecule has 1 aromatic heterocycles. The number of nitrogens with one attached hydrogen (secondary N) is 1. The highest BCUT2D eigenvalue weighted by molar-refractivity contribution is 9.10. The second-order valence-corrected chi connectivity index (χ2v) is 6.23. The molecule has 1 N–H and O–H groups in total. The third kappa shape index (κ3) is 2.74. The third-order valence-electron chi connectivity index (χ3n) is 2.77. The molecule has 1 nitrogen and oxygen atoms in total. The number of hydrogen-bond donors (Lipinski definition) is 1. The first-order valence-electron chi connectivity index (χ1n) is 5.29. The van der Waals surface area contributed by atoms with Gasteiger partial charge >= 0.3 is 0 Å². The van der Waals surface area contributed by atoms with Crippen LogP contribution in [0.1, 0.15) is 22.0 Å². The molecule has 0 aliphatic carbocycles. The highest BCUT2D eigenvalue weighted by Crippen LogP contribution is 2.33. The van der Waals surface area contributed by atoms with Crippen LogP contribution in [-0.2, 0) is 0 Å². The zero-order chi connectivity index (χ0) is 12.4. The molecule has 0 bridgehead atoms. The van der Waals surface area contributed by atoms with Crippen molar-refractivity contribution >= 4 is 38.9 Å². The Morgan fingerprint density at radius 2 is 2.06 bits per heavy atom. The molecule has 0 radical (unpaired) electrons. The van der Waals surface area contributed by atoms with E-state index in [9.17, 15) is 0 Å². The number of benzene rings is 1. The zero-order valence-corrected chi connectivity index (χ0v) is 12.8. The summed E-state index contributed by atoms with van der Waals surface area (Å²) >= 11 is 11.4. The molecule has 1 heterocycles. The van der Waals surface area contributed by atoms with E-state index in [1.54, 1.807) is 11.3 Å². The fraction of sp³-hybridized carbons (Fsp3) is 0.231. The summed E-state index contributed by atoms with van der Waals surface area (Å²) in [6.07, 6.45) is 0. The van der Waals surface area contributed by atoms with Crippen LogP contribution in [-0.4, -0.2) is 7.05 Å². The first kappa shape index (κ1) is 13.1. The van der Waals surface area contributed by atoms with Gasteiger partial charge in [0.1, 0.15) is 0 Å². The molecule has 0 fully saturated rings. The molecular formula is C13H13BrClNS. The molecule has 0 saturated carbocycles. The average molecular weight is 331 g/mol. The van der Waals surface area contributed by atoms with Crippen LogP contribution in [0.25, 0.3) is 0 Å². The molecule has 4 heteroatoms. The first-order valence-corrected chi connectivity index (χ1v) is 7.34. The summed E-state index contributed by atoms with van der Waals surface area (Å²) in [5.74, 6) is 0. The van der Waals surface area contributed by atoms with Gasteiger partial charge in [-0.1, -0.05) is 27.5 Å². The van der Waals surface area contributed by atoms with E-state index in [4.69, 9.17) is 11.6 Å². The summed E-state index contributed by atoms with van der Waals surface area (Å²) in [7, 11) is 1.97. The minimum Gasteiger partial charge on any atom is -0.309 e. The summed E-state index contributed by atoms with van der Waals surface area (Å²) in [6.45, 7) is 2.14. The lowest BCUT2D eigenvalue weighted by Gasteiger charge is -2.18. The number of thiophene rings is 1. The van der Waals surface area contributed by atoms with Crippen molar-refractivity contribution in [3.05, 3.63) is 55.1 Å². The Kier molecular flexibility index (Phi) is 4.26. The Bertz CT molecular complexity index is 524. The Morgan fingerprint density at radius 3 is 2.65 bits per heavy atom. The summed E-state index contributed by atoms with van der Waals surface area (Å²) in [5.41, 5.74) is 2.47. The van der Waals surface area contributed by atoms with Gasteiger partial charge in [-0.15, -0.1) is 11.3 Å². The van der Waals surface area contributed by atoms with E-state index in [0.29, 0.717) is 0 Å². The third-order valence-corrected chi connectivity index (χ3v) is 4.59. The summed E-state index contributed by atoms with van der Waals surface area (Å²) in [5, 5.41) is 6.23. The standard InChI is InChI=1S/C13H13BrClNS/c1-8-10(5-6-17-8)13(16-2)11-7-9(15)3-4-12(11)14/h3-7,13,16H,1-2H3. The maximum absolute atomic E-state index is 6.07. The van der Waals surface area contributed by atoms with Gasteiger partial charge in [0.2, 0.25) is 0 Å². The molecule has 90 valence electrons. The SMILES string of the molecule is CNC(c1cc(Cl)ccc1Br)c1ccsc1C. The molecule has 1 aromatic carbocycles. The molecular weight excluding hydrogens is 318 g/mol. The van der Waals surface area contributed by atoms with Gasteiger partial charge in [0.05, 0.1) is 6.04 Å². The Labute approximate surface area is 119 Å². The summed E-state index contributed by atoms with van der Waals surface area (Å²) in [4.78, 5) is 1.33. The normalized spacial score (nSPS) is 12.7. The van der Waals surface area contributed by atoms with E-state index in [2.05, 4.69) is 39.6 Å². The monoisotopic (exact) mass is 329 g/mol. The molecule has 2 rings (SSSR count). The average Bonchev–Trinajstić information content (AvgIpc) is 2.71. The molecule has 1 atom stereocenters. The molecule has 0 spiro atoms. The van der Waals surface area contributed by atoms with Crippen molar-refractivity contribution in [3.8, 4) is 0 Å². The van der Waals surface area contributed by atoms with Crippen LogP contribution in [0.4, 0.5) is 0 Å². The molecule has 0 amide bonds. The first-order chi connectivity index (χ1) is 8.13. The van der Waals surface area contributed by atoms with Crippen molar-refractivity contribution in [1.29, 1.82) is 0 Å². The molecule has 1 unspecified atom stereocenters. The van der Waals surface area contributed by atoms with Crippen molar-refractivity contribution in [3.63, 3.8) is 0 Å². The van der Waals surface area contributed by atoms with Crippen molar-refractivity contribution in [2.24, 2.45) is 0 Å². The molecule has 0 saturated heterocycles. The van der Waals surface area contributed by atoms with Gasteiger partial charge < -0.3 is 5.32 Å². The van der Waals surface area contributed by atoms with E-state index in [-0.39, 0.29) is 6.04 Å². The minimum atomic E-state index is 0.175. The van der Waals surface area contributed by atoms with Crippen LogP contribution in [0, 0.1) is 6.92 Å². The second kappa shape index (κ2) is 5.53. The lowest BCUT2D eigenvalue weighted by molar-refractivity contribution is 0.688. The number of rotatable bonds is 3. The zero-order valence-electron chi connectivity index (χ0n) is 9.63. The topological polar surface area (TPSA) is 12.0 Å². The molecule has 0 aliphatic rings. The lowest BCUT2D eigenvalue weighted by atomic mass is 10.00. The summed E-state index contributed by atoms with van der Waals surface area (Å²) in [6, 6.07) is 8.22. The molecule has 0 aliphatic heterocycles. The fourth-order valence-electron chi connectivity index (χ4n) is 1.91. The van der Waals surface area contributed by atoms with Crippen LogP contribution < -0.4 is 5.32 Å². The van der Waals surface area contributed by atoms with Crippen LogP contribution >= 0.6 is 38.9 Å². The number of halogens is 2. The van der Waals surface area contributed by atoms with E-state index in [0.717, 1.165) is 9.50 Å². The van der Waals surface area contributed by atoms with Crippen LogP contribution in [0.15, 0.2) is 34.1 Å². The Hall–Kier alpha value is -0.350. The quantitative estimate of drug-likeness (QED) is 0.854. The van der Waals surface area contributed by atoms with Gasteiger partial charge in [-0.2, -0.15) is 0 Å². The van der Waals surface area contributed by atoms with Gasteiger partial charge in [0.15, 0.2) is 0 Å². The minimum absolute atomic E-state index is 0.175. The Balaban J connectivity index is 2.49. The molecule has 17 heavy (non-hydrogen) atoms. The van der Waals surface area contributed by atoms with E-state index >= 15 is 0 Å². The van der Waals surface area contributed by atoms with Crippen LogP contribution in [0.2, 0.25) is 5.02 Å². The largest absolute Gasteiger partial charge is 0.309 e. The van der Waals surface area contributed by atoms with Gasteiger partial charge in [-0.05, 0) is 54.7 Å². The maximum atomic E-state index is 6.07. The smallest absolute Gasteiger partial charge is 0.0596 e. The van der Waals surface area contributed by atoms with Crippen LogP contribution in [0.3, 0.4) is 0 Å². The predicted octanol–water partition coefficient (Wildman–Crippen LogP) is 4.78. The second-order valence-electron chi connectivity index (χ2n) is 3.82.